The van der Waals surface area contributed by atoms with E-state index in [1.165, 1.54) is 6.08 Å². The van der Waals surface area contributed by atoms with Gasteiger partial charge < -0.3 is 9.47 Å². The second-order valence-corrected chi connectivity index (χ2v) is 6.23. The van der Waals surface area contributed by atoms with Crippen molar-refractivity contribution in [1.29, 1.82) is 0 Å². The molecule has 0 heterocycles. The van der Waals surface area contributed by atoms with Crippen LogP contribution in [0, 0.1) is 0 Å². The number of rotatable bonds is 4. The molecule has 3 aromatic carbocycles. The van der Waals surface area contributed by atoms with Crippen LogP contribution in [0.5, 0.6) is 11.5 Å². The monoisotopic (exact) mass is 358 g/mol. The van der Waals surface area contributed by atoms with E-state index in [1.807, 2.05) is 37.3 Å². The Morgan fingerprint density at radius 1 is 0.926 bits per heavy atom. The fourth-order valence-electron chi connectivity index (χ4n) is 3.53. The Labute approximate surface area is 157 Å². The number of Topliss-reactive ketones (excluding diaryl/α,β-unsaturated/α-hetero) is 1. The Morgan fingerprint density at radius 2 is 1.63 bits per heavy atom. The van der Waals surface area contributed by atoms with E-state index in [-0.39, 0.29) is 11.6 Å². The lowest BCUT2D eigenvalue weighted by atomic mass is 9.85. The van der Waals surface area contributed by atoms with Gasteiger partial charge >= 0.3 is 0 Å². The van der Waals surface area contributed by atoms with E-state index < -0.39 is 0 Å². The highest BCUT2D eigenvalue weighted by atomic mass is 16.5. The van der Waals surface area contributed by atoms with Crippen molar-refractivity contribution in [2.45, 2.75) is 6.92 Å². The minimum absolute atomic E-state index is 0.196. The van der Waals surface area contributed by atoms with Crippen LogP contribution in [-0.4, -0.2) is 25.3 Å². The standard InChI is InChI=1S/C23H18O4/c1-3-27-20-12-14-8-4-5-9-15(14)23(26-2)21(20)18-13-19(24)16-10-6-7-11-17(16)22(18)25/h4-13H,3H2,1-2H3. The molecule has 0 unspecified atom stereocenters. The van der Waals surface area contributed by atoms with Gasteiger partial charge in [-0.3, -0.25) is 9.59 Å². The largest absolute Gasteiger partial charge is 0.495 e. The van der Waals surface area contributed by atoms with E-state index in [9.17, 15) is 9.59 Å². The van der Waals surface area contributed by atoms with Crippen molar-refractivity contribution in [2.75, 3.05) is 13.7 Å². The van der Waals surface area contributed by atoms with Gasteiger partial charge in [-0.25, -0.2) is 0 Å². The zero-order valence-corrected chi connectivity index (χ0v) is 15.1. The molecule has 0 saturated heterocycles. The summed E-state index contributed by atoms with van der Waals surface area (Å²) in [5.41, 5.74) is 1.64. The minimum atomic E-state index is -0.209. The first kappa shape index (κ1) is 17.0. The first-order valence-electron chi connectivity index (χ1n) is 8.78. The molecule has 3 aromatic rings. The Hall–Kier alpha value is -3.40. The van der Waals surface area contributed by atoms with Crippen molar-refractivity contribution >= 4 is 27.9 Å². The number of benzene rings is 3. The van der Waals surface area contributed by atoms with E-state index in [0.29, 0.717) is 40.4 Å². The van der Waals surface area contributed by atoms with Crippen LogP contribution in [-0.2, 0) is 0 Å². The molecule has 0 bridgehead atoms. The van der Waals surface area contributed by atoms with Crippen LogP contribution < -0.4 is 9.47 Å². The number of carbonyl (C=O) groups excluding carboxylic acids is 2. The molecule has 0 spiro atoms. The summed E-state index contributed by atoms with van der Waals surface area (Å²) < 4.78 is 11.5. The number of hydrogen-bond donors (Lipinski definition) is 0. The lowest BCUT2D eigenvalue weighted by molar-refractivity contribution is 0.100. The lowest BCUT2D eigenvalue weighted by Gasteiger charge is -2.21. The summed E-state index contributed by atoms with van der Waals surface area (Å²) in [6.45, 7) is 2.31. The van der Waals surface area contributed by atoms with Gasteiger partial charge in [0.05, 0.1) is 19.3 Å². The summed E-state index contributed by atoms with van der Waals surface area (Å²) in [7, 11) is 1.56. The average Bonchev–Trinajstić information content (AvgIpc) is 2.70. The second-order valence-electron chi connectivity index (χ2n) is 6.23. The molecule has 27 heavy (non-hydrogen) atoms. The molecule has 0 saturated carbocycles. The zero-order chi connectivity index (χ0) is 19.0. The van der Waals surface area contributed by atoms with Crippen LogP contribution in [0.25, 0.3) is 16.3 Å². The quantitative estimate of drug-likeness (QED) is 0.678. The summed E-state index contributed by atoms with van der Waals surface area (Å²) in [4.78, 5) is 25.8. The molecule has 0 aliphatic heterocycles. The number of carbonyl (C=O) groups is 2. The molecule has 1 aliphatic rings. The van der Waals surface area contributed by atoms with Gasteiger partial charge in [-0.15, -0.1) is 0 Å². The first-order valence-corrected chi connectivity index (χ1v) is 8.78. The lowest BCUT2D eigenvalue weighted by Crippen LogP contribution is -2.17. The molecule has 4 nitrogen and oxygen atoms in total. The molecule has 0 radical (unpaired) electrons. The van der Waals surface area contributed by atoms with Gasteiger partial charge in [0.25, 0.3) is 0 Å². The molecule has 0 N–H and O–H groups in total. The van der Waals surface area contributed by atoms with Crippen molar-refractivity contribution in [2.24, 2.45) is 0 Å². The molecule has 0 aromatic heterocycles. The smallest absolute Gasteiger partial charge is 0.194 e. The predicted molar refractivity (Wildman–Crippen MR) is 105 cm³/mol. The minimum Gasteiger partial charge on any atom is -0.495 e. The van der Waals surface area contributed by atoms with Crippen molar-refractivity contribution in [3.05, 3.63) is 77.4 Å². The Balaban J connectivity index is 2.02. The second kappa shape index (κ2) is 6.72. The molecule has 0 atom stereocenters. The van der Waals surface area contributed by atoms with Crippen LogP contribution in [0.1, 0.15) is 33.2 Å². The van der Waals surface area contributed by atoms with Gasteiger partial charge in [0.1, 0.15) is 11.5 Å². The fourth-order valence-corrected chi connectivity index (χ4v) is 3.53. The molecular weight excluding hydrogens is 340 g/mol. The molecule has 0 amide bonds. The molecule has 4 heteroatoms. The molecule has 1 aliphatic carbocycles. The fraction of sp³-hybridized carbons (Fsp3) is 0.130. The van der Waals surface area contributed by atoms with Crippen LogP contribution >= 0.6 is 0 Å². The number of fused-ring (bicyclic) bond motifs is 2. The van der Waals surface area contributed by atoms with Gasteiger partial charge in [-0.05, 0) is 24.5 Å². The SMILES string of the molecule is CCOc1cc2ccccc2c(OC)c1C1=CC(=O)c2ccccc2C1=O. The van der Waals surface area contributed by atoms with Gasteiger partial charge in [-0.1, -0.05) is 48.5 Å². The number of allylic oxidation sites excluding steroid dienone is 2. The summed E-state index contributed by atoms with van der Waals surface area (Å²) in [5.74, 6) is 0.653. The first-order chi connectivity index (χ1) is 13.2. The molecule has 0 fully saturated rings. The van der Waals surface area contributed by atoms with Crippen LogP contribution in [0.3, 0.4) is 0 Å². The van der Waals surface area contributed by atoms with Gasteiger partial charge in [0.15, 0.2) is 11.6 Å². The summed E-state index contributed by atoms with van der Waals surface area (Å²) in [6, 6.07) is 16.5. The van der Waals surface area contributed by atoms with Crippen LogP contribution in [0.4, 0.5) is 0 Å². The molecule has 134 valence electrons. The number of methoxy groups -OCH3 is 1. The highest BCUT2D eigenvalue weighted by Gasteiger charge is 2.30. The van der Waals surface area contributed by atoms with E-state index in [4.69, 9.17) is 9.47 Å². The van der Waals surface area contributed by atoms with Gasteiger partial charge in [-0.2, -0.15) is 0 Å². The maximum Gasteiger partial charge on any atom is 0.194 e. The number of ketones is 2. The normalized spacial score (nSPS) is 13.3. The van der Waals surface area contributed by atoms with E-state index in [2.05, 4.69) is 0 Å². The van der Waals surface area contributed by atoms with Crippen molar-refractivity contribution in [3.8, 4) is 11.5 Å². The predicted octanol–water partition coefficient (Wildman–Crippen LogP) is 4.71. The van der Waals surface area contributed by atoms with Crippen molar-refractivity contribution in [1.82, 2.24) is 0 Å². The van der Waals surface area contributed by atoms with Crippen molar-refractivity contribution < 1.29 is 19.1 Å². The topological polar surface area (TPSA) is 52.6 Å². The summed E-state index contributed by atoms with van der Waals surface area (Å²) in [5, 5.41) is 1.80. The Kier molecular flexibility index (Phi) is 4.24. The molecular formula is C23H18O4. The third kappa shape index (κ3) is 2.70. The highest BCUT2D eigenvalue weighted by Crippen LogP contribution is 2.43. The van der Waals surface area contributed by atoms with E-state index >= 15 is 0 Å². The maximum absolute atomic E-state index is 13.2. The van der Waals surface area contributed by atoms with Gasteiger partial charge in [0.2, 0.25) is 0 Å². The average molecular weight is 358 g/mol. The Morgan fingerprint density at radius 3 is 2.37 bits per heavy atom. The van der Waals surface area contributed by atoms with E-state index in [1.54, 1.807) is 31.4 Å². The molecule has 4 rings (SSSR count). The zero-order valence-electron chi connectivity index (χ0n) is 15.1. The number of ether oxygens (including phenoxy) is 2. The Bertz CT molecular complexity index is 1110. The summed E-state index contributed by atoms with van der Waals surface area (Å²) in [6.07, 6.45) is 1.39. The van der Waals surface area contributed by atoms with Gasteiger partial charge in [0, 0.05) is 22.1 Å². The highest BCUT2D eigenvalue weighted by molar-refractivity contribution is 6.39. The van der Waals surface area contributed by atoms with Crippen molar-refractivity contribution in [3.63, 3.8) is 0 Å². The van der Waals surface area contributed by atoms with Crippen LogP contribution in [0.2, 0.25) is 0 Å². The van der Waals surface area contributed by atoms with E-state index in [0.717, 1.165) is 10.8 Å². The maximum atomic E-state index is 13.2. The summed E-state index contributed by atoms with van der Waals surface area (Å²) >= 11 is 0. The van der Waals surface area contributed by atoms with Crippen LogP contribution in [0.15, 0.2) is 60.7 Å². The number of hydrogen-bond acceptors (Lipinski definition) is 4. The third-order valence-corrected chi connectivity index (χ3v) is 4.70. The third-order valence-electron chi connectivity index (χ3n) is 4.70.